The van der Waals surface area contributed by atoms with E-state index in [4.69, 9.17) is 9.52 Å². The largest absolute Gasteiger partial charge is 0.481 e. The van der Waals surface area contributed by atoms with E-state index in [1.807, 2.05) is 0 Å². The zero-order chi connectivity index (χ0) is 20.5. The highest BCUT2D eigenvalue weighted by Gasteiger charge is 2.07. The molecule has 1 aromatic heterocycles. The van der Waals surface area contributed by atoms with Crippen LogP contribution in [0.15, 0.2) is 10.5 Å². The minimum atomic E-state index is -0.661. The summed E-state index contributed by atoms with van der Waals surface area (Å²) < 4.78 is 6.05. The van der Waals surface area contributed by atoms with Gasteiger partial charge in [0.05, 0.1) is 0 Å². The molecule has 0 aliphatic carbocycles. The summed E-state index contributed by atoms with van der Waals surface area (Å²) in [6, 6.07) is 2.25. The molecule has 1 N–H and O–H groups in total. The first kappa shape index (κ1) is 24.8. The second-order valence-corrected chi connectivity index (χ2v) is 8.41. The van der Waals surface area contributed by atoms with Gasteiger partial charge in [0.1, 0.15) is 11.5 Å². The highest BCUT2D eigenvalue weighted by atomic mass is 16.4. The van der Waals surface area contributed by atoms with Gasteiger partial charge in [-0.2, -0.15) is 0 Å². The molecule has 0 radical (unpaired) electrons. The fourth-order valence-electron chi connectivity index (χ4n) is 3.84. The van der Waals surface area contributed by atoms with Gasteiger partial charge >= 0.3 is 5.97 Å². The monoisotopic (exact) mass is 392 g/mol. The van der Waals surface area contributed by atoms with E-state index < -0.39 is 5.97 Å². The number of aryl methyl sites for hydroxylation is 3. The van der Waals surface area contributed by atoms with E-state index in [1.54, 1.807) is 0 Å². The quantitative estimate of drug-likeness (QED) is 0.242. The highest BCUT2D eigenvalue weighted by Crippen LogP contribution is 2.20. The third-order valence-electron chi connectivity index (χ3n) is 5.64. The van der Waals surface area contributed by atoms with Gasteiger partial charge in [-0.3, -0.25) is 4.79 Å². The van der Waals surface area contributed by atoms with Gasteiger partial charge < -0.3 is 9.52 Å². The summed E-state index contributed by atoms with van der Waals surface area (Å²) in [5, 5.41) is 8.59. The second kappa shape index (κ2) is 16.7. The van der Waals surface area contributed by atoms with Gasteiger partial charge in [-0.15, -0.1) is 0 Å². The first-order valence-electron chi connectivity index (χ1n) is 11.9. The van der Waals surface area contributed by atoms with Crippen LogP contribution in [0.1, 0.15) is 127 Å². The number of aliphatic carboxylic acids is 1. The SMILES string of the molecule is CCCCCc1cc(C)c(CCCCCCCCCCCCCCC(=O)O)o1. The van der Waals surface area contributed by atoms with E-state index in [0.717, 1.165) is 25.7 Å². The second-order valence-electron chi connectivity index (χ2n) is 8.41. The lowest BCUT2D eigenvalue weighted by Crippen LogP contribution is -1.93. The van der Waals surface area contributed by atoms with Crippen LogP contribution in [0.25, 0.3) is 0 Å². The van der Waals surface area contributed by atoms with Crippen LogP contribution in [0.4, 0.5) is 0 Å². The Morgan fingerprint density at radius 1 is 0.786 bits per heavy atom. The standard InChI is InChI=1S/C25H44O3/c1-3-4-15-18-23-21-22(2)24(28-23)19-16-13-11-9-7-5-6-8-10-12-14-17-20-25(26)27/h21H,3-20H2,1-2H3,(H,26,27). The Hall–Kier alpha value is -1.25. The molecular weight excluding hydrogens is 348 g/mol. The third-order valence-corrected chi connectivity index (χ3v) is 5.64. The number of carboxylic acids is 1. The van der Waals surface area contributed by atoms with Crippen LogP contribution in [0.2, 0.25) is 0 Å². The van der Waals surface area contributed by atoms with Gasteiger partial charge in [0.15, 0.2) is 0 Å². The summed E-state index contributed by atoms with van der Waals surface area (Å²) in [6.45, 7) is 4.43. The summed E-state index contributed by atoms with van der Waals surface area (Å²) >= 11 is 0. The zero-order valence-corrected chi connectivity index (χ0v) is 18.6. The molecule has 162 valence electrons. The fraction of sp³-hybridized carbons (Fsp3) is 0.800. The lowest BCUT2D eigenvalue weighted by atomic mass is 10.0. The van der Waals surface area contributed by atoms with Crippen LogP contribution in [0, 0.1) is 6.92 Å². The van der Waals surface area contributed by atoms with Crippen molar-refractivity contribution in [1.82, 2.24) is 0 Å². The maximum Gasteiger partial charge on any atom is 0.303 e. The molecular formula is C25H44O3. The molecule has 0 saturated heterocycles. The molecule has 3 nitrogen and oxygen atoms in total. The molecule has 28 heavy (non-hydrogen) atoms. The molecule has 0 aliphatic heterocycles. The van der Waals surface area contributed by atoms with Gasteiger partial charge in [-0.25, -0.2) is 0 Å². The van der Waals surface area contributed by atoms with Crippen LogP contribution in [0.3, 0.4) is 0 Å². The number of carboxylic acid groups (broad SMARTS) is 1. The minimum Gasteiger partial charge on any atom is -0.481 e. The maximum atomic E-state index is 10.4. The Bertz CT molecular complexity index is 504. The number of carbonyl (C=O) groups is 1. The zero-order valence-electron chi connectivity index (χ0n) is 18.6. The summed E-state index contributed by atoms with van der Waals surface area (Å²) in [5.74, 6) is 1.74. The Kier molecular flexibility index (Phi) is 14.8. The van der Waals surface area contributed by atoms with Gasteiger partial charge in [-0.05, 0) is 37.8 Å². The molecule has 0 aliphatic rings. The third kappa shape index (κ3) is 13.0. The molecule has 0 fully saturated rings. The first-order chi connectivity index (χ1) is 13.6. The van der Waals surface area contributed by atoms with E-state index in [0.29, 0.717) is 6.42 Å². The number of hydrogen-bond acceptors (Lipinski definition) is 2. The Labute approximate surface area is 173 Å². The summed E-state index contributed by atoms with van der Waals surface area (Å²) in [6.07, 6.45) is 21.3. The highest BCUT2D eigenvalue weighted by molar-refractivity contribution is 5.66. The van der Waals surface area contributed by atoms with Crippen LogP contribution >= 0.6 is 0 Å². The lowest BCUT2D eigenvalue weighted by Gasteiger charge is -2.03. The molecule has 1 aromatic rings. The summed E-state index contributed by atoms with van der Waals surface area (Å²) in [5.41, 5.74) is 1.34. The predicted octanol–water partition coefficient (Wildman–Crippen LogP) is 8.02. The van der Waals surface area contributed by atoms with Crippen LogP contribution in [-0.4, -0.2) is 11.1 Å². The smallest absolute Gasteiger partial charge is 0.303 e. The van der Waals surface area contributed by atoms with Gasteiger partial charge in [0.2, 0.25) is 0 Å². The van der Waals surface area contributed by atoms with Crippen LogP contribution in [0.5, 0.6) is 0 Å². The Morgan fingerprint density at radius 2 is 1.29 bits per heavy atom. The summed E-state index contributed by atoms with van der Waals surface area (Å²) in [7, 11) is 0. The molecule has 0 saturated carbocycles. The van der Waals surface area contributed by atoms with Crippen LogP contribution < -0.4 is 0 Å². The number of hydrogen-bond donors (Lipinski definition) is 1. The van der Waals surface area contributed by atoms with Gasteiger partial charge in [0.25, 0.3) is 0 Å². The van der Waals surface area contributed by atoms with Crippen molar-refractivity contribution in [2.24, 2.45) is 0 Å². The molecule has 1 heterocycles. The topological polar surface area (TPSA) is 50.4 Å². The van der Waals surface area contributed by atoms with Gasteiger partial charge in [-0.1, -0.05) is 84.0 Å². The lowest BCUT2D eigenvalue weighted by molar-refractivity contribution is -0.137. The number of furan rings is 1. The molecule has 3 heteroatoms. The average Bonchev–Trinajstić information content (AvgIpc) is 3.01. The average molecular weight is 393 g/mol. The van der Waals surface area contributed by atoms with Crippen molar-refractivity contribution < 1.29 is 14.3 Å². The molecule has 0 unspecified atom stereocenters. The van der Waals surface area contributed by atoms with Gasteiger partial charge in [0, 0.05) is 19.3 Å². The van der Waals surface area contributed by atoms with Crippen molar-refractivity contribution in [3.63, 3.8) is 0 Å². The van der Waals surface area contributed by atoms with Crippen molar-refractivity contribution in [2.75, 3.05) is 0 Å². The Balaban J connectivity index is 1.89. The number of rotatable bonds is 19. The molecule has 0 bridgehead atoms. The number of unbranched alkanes of at least 4 members (excludes halogenated alkanes) is 13. The molecule has 0 amide bonds. The molecule has 1 rings (SSSR count). The molecule has 0 aromatic carbocycles. The van der Waals surface area contributed by atoms with Crippen molar-refractivity contribution in [3.8, 4) is 0 Å². The van der Waals surface area contributed by atoms with Crippen molar-refractivity contribution in [2.45, 2.75) is 129 Å². The van der Waals surface area contributed by atoms with E-state index in [-0.39, 0.29) is 0 Å². The fourth-order valence-corrected chi connectivity index (χ4v) is 3.84. The molecule has 0 atom stereocenters. The summed E-state index contributed by atoms with van der Waals surface area (Å²) in [4.78, 5) is 10.4. The van der Waals surface area contributed by atoms with Crippen molar-refractivity contribution in [1.29, 1.82) is 0 Å². The normalized spacial score (nSPS) is 11.2. The van der Waals surface area contributed by atoms with Crippen molar-refractivity contribution in [3.05, 3.63) is 23.2 Å². The van der Waals surface area contributed by atoms with E-state index in [2.05, 4.69) is 19.9 Å². The predicted molar refractivity (Wildman–Crippen MR) is 118 cm³/mol. The minimum absolute atomic E-state index is 0.333. The van der Waals surface area contributed by atoms with E-state index in [9.17, 15) is 4.79 Å². The first-order valence-corrected chi connectivity index (χ1v) is 11.9. The van der Waals surface area contributed by atoms with E-state index >= 15 is 0 Å². The van der Waals surface area contributed by atoms with Crippen LogP contribution in [-0.2, 0) is 17.6 Å². The maximum absolute atomic E-state index is 10.4. The Morgan fingerprint density at radius 3 is 1.82 bits per heavy atom. The van der Waals surface area contributed by atoms with Crippen molar-refractivity contribution >= 4 is 5.97 Å². The van der Waals surface area contributed by atoms with E-state index in [1.165, 1.54) is 101 Å². The molecule has 0 spiro atoms.